The van der Waals surface area contributed by atoms with E-state index in [9.17, 15) is 4.79 Å². The van der Waals surface area contributed by atoms with Crippen molar-refractivity contribution in [1.82, 2.24) is 9.55 Å². The Labute approximate surface area is 130 Å². The van der Waals surface area contributed by atoms with Crippen LogP contribution in [0.5, 0.6) is 0 Å². The van der Waals surface area contributed by atoms with Crippen LogP contribution < -0.4 is 5.56 Å². The lowest BCUT2D eigenvalue weighted by Crippen LogP contribution is -2.19. The number of H-pyrrole nitrogens is 1. The van der Waals surface area contributed by atoms with Crippen LogP contribution >= 0.6 is 51.1 Å². The molecule has 1 N–H and O–H groups in total. The molecule has 3 aromatic rings. The molecule has 0 saturated carbocycles. The number of nitrogens with zero attached hydrogens (tertiary/aromatic N) is 1. The Hall–Kier alpha value is -0.950. The van der Waals surface area contributed by atoms with Crippen LogP contribution in [0.4, 0.5) is 0 Å². The van der Waals surface area contributed by atoms with Gasteiger partial charge < -0.3 is 4.98 Å². The van der Waals surface area contributed by atoms with Crippen LogP contribution in [-0.4, -0.2) is 9.55 Å². The standard InChI is InChI=1S/C12H6BrClN2OS2/c13-6-1-2-7(14)9(5-6)16-11(17)10-8(3-4-19-10)15-12(16)18/h1-5H,(H,15,18). The van der Waals surface area contributed by atoms with Crippen LogP contribution in [0, 0.1) is 4.77 Å². The summed E-state index contributed by atoms with van der Waals surface area (Å²) in [5, 5.41) is 2.32. The Balaban J connectivity index is 2.46. The predicted octanol–water partition coefficient (Wildman–Crippen LogP) is 4.53. The summed E-state index contributed by atoms with van der Waals surface area (Å²) in [4.78, 5) is 15.5. The van der Waals surface area contributed by atoms with Crippen molar-refractivity contribution in [1.29, 1.82) is 0 Å². The monoisotopic (exact) mass is 372 g/mol. The fourth-order valence-corrected chi connectivity index (χ4v) is 3.43. The summed E-state index contributed by atoms with van der Waals surface area (Å²) in [5.41, 5.74) is 1.16. The third kappa shape index (κ3) is 2.18. The fourth-order valence-electron chi connectivity index (χ4n) is 1.81. The predicted molar refractivity (Wildman–Crippen MR) is 85.3 cm³/mol. The van der Waals surface area contributed by atoms with Crippen LogP contribution in [0.2, 0.25) is 5.02 Å². The maximum absolute atomic E-state index is 12.5. The van der Waals surface area contributed by atoms with Gasteiger partial charge in [-0.25, -0.2) is 0 Å². The Morgan fingerprint density at radius 2 is 2.16 bits per heavy atom. The molecule has 0 fully saturated rings. The van der Waals surface area contributed by atoms with Gasteiger partial charge in [0.25, 0.3) is 5.56 Å². The Kier molecular flexibility index (Phi) is 3.34. The molecule has 19 heavy (non-hydrogen) atoms. The molecular weight excluding hydrogens is 368 g/mol. The van der Waals surface area contributed by atoms with E-state index in [1.165, 1.54) is 15.9 Å². The van der Waals surface area contributed by atoms with Crippen molar-refractivity contribution in [2.24, 2.45) is 0 Å². The number of hydrogen-bond donors (Lipinski definition) is 1. The molecule has 0 aliphatic carbocycles. The number of hydrogen-bond acceptors (Lipinski definition) is 3. The Morgan fingerprint density at radius 3 is 2.95 bits per heavy atom. The molecule has 0 saturated heterocycles. The van der Waals surface area contributed by atoms with Crippen LogP contribution in [0.3, 0.4) is 0 Å². The molecule has 0 spiro atoms. The van der Waals surface area contributed by atoms with E-state index in [0.29, 0.717) is 20.2 Å². The van der Waals surface area contributed by atoms with Gasteiger partial charge in [0.2, 0.25) is 0 Å². The summed E-state index contributed by atoms with van der Waals surface area (Å²) in [5.74, 6) is 0. The van der Waals surface area contributed by atoms with Gasteiger partial charge in [-0.05, 0) is 41.9 Å². The minimum Gasteiger partial charge on any atom is -0.331 e. The van der Waals surface area contributed by atoms with Crippen LogP contribution in [0.25, 0.3) is 15.9 Å². The number of halogens is 2. The number of aromatic amines is 1. The molecule has 0 amide bonds. The highest BCUT2D eigenvalue weighted by Crippen LogP contribution is 2.25. The number of fused-ring (bicyclic) bond motifs is 1. The SMILES string of the molecule is O=c1c2sccc2[nH]c(=S)n1-c1cc(Br)ccc1Cl. The summed E-state index contributed by atoms with van der Waals surface area (Å²) in [7, 11) is 0. The highest BCUT2D eigenvalue weighted by atomic mass is 79.9. The van der Waals surface area contributed by atoms with Gasteiger partial charge in [0.1, 0.15) is 4.70 Å². The molecule has 0 aliphatic rings. The molecule has 0 aliphatic heterocycles. The summed E-state index contributed by atoms with van der Waals surface area (Å²) in [6, 6.07) is 7.14. The second-order valence-corrected chi connectivity index (χ2v) is 6.46. The minimum atomic E-state index is -0.159. The van der Waals surface area contributed by atoms with Gasteiger partial charge in [0.05, 0.1) is 16.2 Å². The summed E-state index contributed by atoms with van der Waals surface area (Å²) in [6.45, 7) is 0. The van der Waals surface area contributed by atoms with E-state index in [-0.39, 0.29) is 5.56 Å². The molecule has 96 valence electrons. The van der Waals surface area contributed by atoms with Crippen molar-refractivity contribution >= 4 is 61.3 Å². The zero-order chi connectivity index (χ0) is 13.6. The van der Waals surface area contributed by atoms with E-state index in [2.05, 4.69) is 20.9 Å². The number of nitrogens with one attached hydrogen (secondary N) is 1. The van der Waals surface area contributed by atoms with Crippen LogP contribution in [-0.2, 0) is 0 Å². The average Bonchev–Trinajstić information content (AvgIpc) is 2.82. The molecule has 3 rings (SSSR count). The molecule has 0 radical (unpaired) electrons. The van der Waals surface area contributed by atoms with E-state index in [0.717, 1.165) is 9.99 Å². The van der Waals surface area contributed by atoms with Crippen LogP contribution in [0.1, 0.15) is 0 Å². The topological polar surface area (TPSA) is 37.8 Å². The molecule has 0 unspecified atom stereocenters. The molecule has 7 heteroatoms. The molecule has 3 nitrogen and oxygen atoms in total. The van der Waals surface area contributed by atoms with Crippen molar-refractivity contribution < 1.29 is 0 Å². The average molecular weight is 374 g/mol. The summed E-state index contributed by atoms with van der Waals surface area (Å²) >= 11 is 16.2. The van der Waals surface area contributed by atoms with E-state index in [4.69, 9.17) is 23.8 Å². The third-order valence-corrected chi connectivity index (χ3v) is 4.66. The molecule has 2 aromatic heterocycles. The maximum atomic E-state index is 12.5. The van der Waals surface area contributed by atoms with E-state index in [1.54, 1.807) is 12.1 Å². The van der Waals surface area contributed by atoms with Crippen molar-refractivity contribution in [2.75, 3.05) is 0 Å². The smallest absolute Gasteiger partial charge is 0.276 e. The number of benzene rings is 1. The summed E-state index contributed by atoms with van der Waals surface area (Å²) < 4.78 is 3.21. The molecule has 0 bridgehead atoms. The molecule has 2 heterocycles. The normalized spacial score (nSPS) is 11.1. The maximum Gasteiger partial charge on any atom is 0.276 e. The van der Waals surface area contributed by atoms with Gasteiger partial charge in [-0.15, -0.1) is 11.3 Å². The number of rotatable bonds is 1. The second kappa shape index (κ2) is 4.86. The first-order valence-corrected chi connectivity index (χ1v) is 7.72. The minimum absolute atomic E-state index is 0.159. The van der Waals surface area contributed by atoms with Gasteiger partial charge in [-0.3, -0.25) is 9.36 Å². The largest absolute Gasteiger partial charge is 0.331 e. The van der Waals surface area contributed by atoms with E-state index >= 15 is 0 Å². The zero-order valence-electron chi connectivity index (χ0n) is 9.31. The van der Waals surface area contributed by atoms with Gasteiger partial charge in [0.15, 0.2) is 4.77 Å². The molecule has 0 atom stereocenters. The van der Waals surface area contributed by atoms with Crippen molar-refractivity contribution in [3.05, 3.63) is 54.3 Å². The van der Waals surface area contributed by atoms with Gasteiger partial charge in [-0.2, -0.15) is 0 Å². The van der Waals surface area contributed by atoms with Crippen molar-refractivity contribution in [3.8, 4) is 5.69 Å². The van der Waals surface area contributed by atoms with Gasteiger partial charge in [0, 0.05) is 4.47 Å². The van der Waals surface area contributed by atoms with E-state index in [1.807, 2.05) is 17.5 Å². The van der Waals surface area contributed by atoms with Crippen molar-refractivity contribution in [3.63, 3.8) is 0 Å². The van der Waals surface area contributed by atoms with E-state index < -0.39 is 0 Å². The lowest BCUT2D eigenvalue weighted by atomic mass is 10.3. The zero-order valence-corrected chi connectivity index (χ0v) is 13.3. The first kappa shape index (κ1) is 13.1. The first-order chi connectivity index (χ1) is 9.08. The lowest BCUT2D eigenvalue weighted by molar-refractivity contribution is 0.943. The second-order valence-electron chi connectivity index (χ2n) is 3.83. The van der Waals surface area contributed by atoms with Gasteiger partial charge in [-0.1, -0.05) is 27.5 Å². The Morgan fingerprint density at radius 1 is 1.37 bits per heavy atom. The highest BCUT2D eigenvalue weighted by Gasteiger charge is 2.11. The third-order valence-electron chi connectivity index (χ3n) is 2.66. The number of thiophene rings is 1. The lowest BCUT2D eigenvalue weighted by Gasteiger charge is -2.08. The highest BCUT2D eigenvalue weighted by molar-refractivity contribution is 9.10. The first-order valence-electron chi connectivity index (χ1n) is 5.26. The molecule has 1 aromatic carbocycles. The Bertz CT molecular complexity index is 897. The quantitative estimate of drug-likeness (QED) is 0.637. The number of aromatic nitrogens is 2. The fraction of sp³-hybridized carbons (Fsp3) is 0. The molecular formula is C12H6BrClN2OS2. The summed E-state index contributed by atoms with van der Waals surface area (Å²) in [6.07, 6.45) is 0. The van der Waals surface area contributed by atoms with Gasteiger partial charge >= 0.3 is 0 Å². The van der Waals surface area contributed by atoms with Crippen molar-refractivity contribution in [2.45, 2.75) is 0 Å². The van der Waals surface area contributed by atoms with Crippen LogP contribution in [0.15, 0.2) is 38.9 Å².